The second-order valence-corrected chi connectivity index (χ2v) is 20.5. The van der Waals surface area contributed by atoms with Gasteiger partial charge in [-0.3, -0.25) is 0 Å². The largest absolute Gasteiger partial charge is 0.345 e. The minimum absolute atomic E-state index is 0.00288. The predicted molar refractivity (Wildman–Crippen MR) is 295 cm³/mol. The summed E-state index contributed by atoms with van der Waals surface area (Å²) in [6, 6.07) is 65.4. The maximum Gasteiger partial charge on any atom is 0.0467 e. The molecule has 0 bridgehead atoms. The fourth-order valence-corrected chi connectivity index (χ4v) is 11.9. The Bertz CT molecular complexity index is 3110. The number of unbranched alkanes of at least 4 members (excludes halogenated alkanes) is 6. The summed E-state index contributed by atoms with van der Waals surface area (Å²) in [6.45, 7) is 6.95. The van der Waals surface area contributed by atoms with Crippen molar-refractivity contribution in [1.82, 2.24) is 0 Å². The number of hydrogen-bond donors (Lipinski definition) is 0. The molecule has 0 aromatic heterocycles. The molecule has 3 aliphatic carbocycles. The van der Waals surface area contributed by atoms with Gasteiger partial charge in [0.15, 0.2) is 0 Å². The molecule has 0 atom stereocenters. The van der Waals surface area contributed by atoms with Gasteiger partial charge < -0.3 is 9.80 Å². The Hall–Kier alpha value is -6.64. The van der Waals surface area contributed by atoms with Crippen molar-refractivity contribution in [2.24, 2.45) is 0 Å². The van der Waals surface area contributed by atoms with Gasteiger partial charge in [-0.2, -0.15) is 0 Å². The normalized spacial score (nSPS) is 13.7. The van der Waals surface area contributed by atoms with E-state index in [1.54, 1.807) is 5.56 Å². The Morgan fingerprint density at radius 1 is 0.377 bits per heavy atom. The molecule has 0 unspecified atom stereocenters. The highest BCUT2D eigenvalue weighted by molar-refractivity contribution is 5.87. The van der Waals surface area contributed by atoms with Crippen molar-refractivity contribution in [2.75, 3.05) is 16.8 Å². The van der Waals surface area contributed by atoms with E-state index in [-0.39, 0.29) is 5.41 Å². The summed E-state index contributed by atoms with van der Waals surface area (Å²) in [5.74, 6) is 0. The molecule has 11 rings (SSSR count). The molecule has 0 heterocycles. The molecule has 0 saturated carbocycles. The molecule has 0 radical (unpaired) electrons. The van der Waals surface area contributed by atoms with E-state index in [4.69, 9.17) is 0 Å². The molecule has 69 heavy (non-hydrogen) atoms. The van der Waals surface area contributed by atoms with E-state index in [0.717, 1.165) is 0 Å². The number of anilines is 5. The van der Waals surface area contributed by atoms with Crippen molar-refractivity contribution in [3.63, 3.8) is 0 Å². The Balaban J connectivity index is 0.945. The lowest BCUT2D eigenvalue weighted by Crippen LogP contribution is -2.26. The van der Waals surface area contributed by atoms with Gasteiger partial charge in [0.2, 0.25) is 0 Å². The maximum atomic E-state index is 2.60. The Kier molecular flexibility index (Phi) is 12.6. The second-order valence-electron chi connectivity index (χ2n) is 20.5. The van der Waals surface area contributed by atoms with Crippen molar-refractivity contribution < 1.29 is 0 Å². The topological polar surface area (TPSA) is 6.48 Å². The zero-order chi connectivity index (χ0) is 46.9. The van der Waals surface area contributed by atoms with E-state index < -0.39 is 0 Å². The molecule has 8 aromatic rings. The number of fused-ring (bicyclic) bond motifs is 5. The van der Waals surface area contributed by atoms with Gasteiger partial charge in [-0.25, -0.2) is 0 Å². The minimum Gasteiger partial charge on any atom is -0.345 e. The fourth-order valence-electron chi connectivity index (χ4n) is 11.9. The second kappa shape index (κ2) is 19.4. The smallest absolute Gasteiger partial charge is 0.0467 e. The quantitative estimate of drug-likeness (QED) is 0.0792. The molecule has 0 spiro atoms. The number of rotatable bonds is 18. The van der Waals surface area contributed by atoms with Crippen LogP contribution in [-0.4, -0.2) is 7.05 Å². The Labute approximate surface area is 412 Å². The van der Waals surface area contributed by atoms with Gasteiger partial charge in [0.05, 0.1) is 0 Å². The SMILES string of the molecule is CCCCCCC1(CCCCCC)c2cc(C)ccc2-c2ccc(N(c3ccc(-c4ccc(N(C)c5cccc(-c6ccc7c(c6)CC7)c5)cc4)cc3)c3cccc(-c4ccc5c(c4)CC5)c3)cc21. The third kappa shape index (κ3) is 8.73. The Morgan fingerprint density at radius 3 is 1.39 bits per heavy atom. The highest BCUT2D eigenvalue weighted by atomic mass is 15.1. The van der Waals surface area contributed by atoms with Crippen LogP contribution >= 0.6 is 0 Å². The van der Waals surface area contributed by atoms with E-state index in [9.17, 15) is 0 Å². The molecule has 2 heteroatoms. The van der Waals surface area contributed by atoms with Crippen LogP contribution in [0.2, 0.25) is 0 Å². The Morgan fingerprint density at radius 2 is 0.841 bits per heavy atom. The van der Waals surface area contributed by atoms with Gasteiger partial charge in [0.1, 0.15) is 0 Å². The van der Waals surface area contributed by atoms with Crippen LogP contribution in [0, 0.1) is 6.92 Å². The fraction of sp³-hybridized carbons (Fsp3) is 0.284. The molecule has 8 aromatic carbocycles. The van der Waals surface area contributed by atoms with Crippen molar-refractivity contribution in [1.29, 1.82) is 0 Å². The third-order valence-electron chi connectivity index (χ3n) is 16.1. The average Bonchev–Trinajstić information content (AvgIpc) is 3.62. The average molecular weight is 901 g/mol. The van der Waals surface area contributed by atoms with E-state index in [0.29, 0.717) is 0 Å². The highest BCUT2D eigenvalue weighted by Gasteiger charge is 2.42. The summed E-state index contributed by atoms with van der Waals surface area (Å²) >= 11 is 0. The van der Waals surface area contributed by atoms with Crippen LogP contribution in [0.15, 0.2) is 170 Å². The van der Waals surface area contributed by atoms with Crippen LogP contribution in [0.4, 0.5) is 28.4 Å². The van der Waals surface area contributed by atoms with Crippen molar-refractivity contribution in [3.8, 4) is 44.5 Å². The lowest BCUT2D eigenvalue weighted by molar-refractivity contribution is 0.401. The third-order valence-corrected chi connectivity index (χ3v) is 16.1. The van der Waals surface area contributed by atoms with Crippen LogP contribution in [0.25, 0.3) is 44.5 Å². The molecule has 0 fully saturated rings. The molecular weight excluding hydrogens is 833 g/mol. The molecular formula is C67H68N2. The standard InChI is InChI=1S/C67H68N2/c1-5-7-9-11-39-67(40-12-10-8-6-2)65-41-47(3)19-37-63(65)64-38-36-62(46-66(64)67)69(61-18-14-16-53(45-61)57-27-23-51-21-25-55(51)43-57)59-34-30-49(31-35-59)48-28-32-58(33-29-48)68(4)60-17-13-15-52(44-60)56-26-22-50-20-24-54(50)42-56/h13-19,22-23,26-38,41-46H,5-12,20-21,24-25,39-40H2,1-4H3. The zero-order valence-electron chi connectivity index (χ0n) is 41.5. The summed E-state index contributed by atoms with van der Waals surface area (Å²) < 4.78 is 0. The first-order valence-electron chi connectivity index (χ1n) is 26.3. The summed E-state index contributed by atoms with van der Waals surface area (Å²) in [7, 11) is 2.18. The van der Waals surface area contributed by atoms with Crippen molar-refractivity contribution >= 4 is 28.4 Å². The highest BCUT2D eigenvalue weighted by Crippen LogP contribution is 2.56. The maximum absolute atomic E-state index is 2.60. The predicted octanol–water partition coefficient (Wildman–Crippen LogP) is 18.6. The van der Waals surface area contributed by atoms with Gasteiger partial charge in [0.25, 0.3) is 0 Å². The first kappa shape index (κ1) is 44.8. The minimum atomic E-state index is 0.00288. The number of nitrogens with zero attached hydrogens (tertiary/aromatic N) is 2. The molecule has 0 aliphatic heterocycles. The number of benzene rings is 8. The molecule has 0 saturated heterocycles. The summed E-state index contributed by atoms with van der Waals surface area (Å²) in [5.41, 5.74) is 26.8. The lowest BCUT2D eigenvalue weighted by Gasteiger charge is -2.34. The van der Waals surface area contributed by atoms with E-state index >= 15 is 0 Å². The molecule has 346 valence electrons. The zero-order valence-corrected chi connectivity index (χ0v) is 41.5. The van der Waals surface area contributed by atoms with Crippen molar-refractivity contribution in [2.45, 2.75) is 116 Å². The molecule has 0 N–H and O–H groups in total. The summed E-state index contributed by atoms with van der Waals surface area (Å²) in [4.78, 5) is 4.82. The van der Waals surface area contributed by atoms with E-state index in [1.165, 1.54) is 196 Å². The van der Waals surface area contributed by atoms with E-state index in [2.05, 4.69) is 207 Å². The van der Waals surface area contributed by atoms with E-state index in [1.807, 2.05) is 0 Å². The van der Waals surface area contributed by atoms with Crippen molar-refractivity contribution in [3.05, 3.63) is 209 Å². The first-order chi connectivity index (χ1) is 33.9. The van der Waals surface area contributed by atoms with Gasteiger partial charge >= 0.3 is 0 Å². The van der Waals surface area contributed by atoms with Crippen LogP contribution in [-0.2, 0) is 31.1 Å². The number of aryl methyl sites for hydroxylation is 5. The van der Waals surface area contributed by atoms with Gasteiger partial charge in [0, 0.05) is 40.9 Å². The number of hydrogen-bond acceptors (Lipinski definition) is 2. The van der Waals surface area contributed by atoms with Crippen LogP contribution < -0.4 is 9.80 Å². The van der Waals surface area contributed by atoms with Gasteiger partial charge in [-0.05, 0) is 184 Å². The monoisotopic (exact) mass is 901 g/mol. The lowest BCUT2D eigenvalue weighted by atomic mass is 9.70. The summed E-state index contributed by atoms with van der Waals surface area (Å²) in [5, 5.41) is 0. The molecule has 0 amide bonds. The van der Waals surface area contributed by atoms with Crippen LogP contribution in [0.3, 0.4) is 0 Å². The first-order valence-corrected chi connectivity index (χ1v) is 26.3. The summed E-state index contributed by atoms with van der Waals surface area (Å²) in [6.07, 6.45) is 17.4. The molecule has 3 aliphatic rings. The van der Waals surface area contributed by atoms with Gasteiger partial charge in [-0.15, -0.1) is 0 Å². The molecule has 2 nitrogen and oxygen atoms in total. The van der Waals surface area contributed by atoms with Crippen LogP contribution in [0.5, 0.6) is 0 Å². The van der Waals surface area contributed by atoms with Crippen LogP contribution in [0.1, 0.15) is 117 Å². The van der Waals surface area contributed by atoms with Gasteiger partial charge in [-0.1, -0.05) is 180 Å².